The van der Waals surface area contributed by atoms with Gasteiger partial charge in [0.2, 0.25) is 11.8 Å². The highest BCUT2D eigenvalue weighted by atomic mass is 19.1. The van der Waals surface area contributed by atoms with Crippen molar-refractivity contribution in [1.29, 1.82) is 0 Å². The molecule has 0 fully saturated rings. The van der Waals surface area contributed by atoms with Crippen LogP contribution in [-0.4, -0.2) is 24.7 Å². The molecule has 0 unspecified atom stereocenters. The molecule has 0 amide bonds. The second kappa shape index (κ2) is 5.65. The molecule has 7 nitrogen and oxygen atoms in total. The average molecular weight is 323 g/mol. The number of hydrogen-bond acceptors (Lipinski definition) is 6. The van der Waals surface area contributed by atoms with Crippen LogP contribution in [0.15, 0.2) is 58.1 Å². The number of aromatic nitrogens is 5. The molecule has 24 heavy (non-hydrogen) atoms. The first-order valence-corrected chi connectivity index (χ1v) is 7.09. The molecule has 8 heteroatoms. The minimum Gasteiger partial charge on any atom is -0.419 e. The highest BCUT2D eigenvalue weighted by Gasteiger charge is 2.11. The molecular weight excluding hydrogens is 313 g/mol. The van der Waals surface area contributed by atoms with E-state index in [1.54, 1.807) is 30.5 Å². The van der Waals surface area contributed by atoms with Crippen molar-refractivity contribution in [3.63, 3.8) is 0 Å². The Kier molecular flexibility index (Phi) is 3.34. The molecule has 1 aromatic carbocycles. The molecule has 0 saturated carbocycles. The number of pyridine rings is 1. The van der Waals surface area contributed by atoms with Gasteiger partial charge in [-0.15, -0.1) is 10.2 Å². The molecule has 0 aliphatic rings. The van der Waals surface area contributed by atoms with Crippen LogP contribution in [0, 0.1) is 5.82 Å². The van der Waals surface area contributed by atoms with Crippen molar-refractivity contribution in [2.24, 2.45) is 0 Å². The van der Waals surface area contributed by atoms with Crippen molar-refractivity contribution in [2.75, 3.05) is 0 Å². The second-order valence-electron chi connectivity index (χ2n) is 5.06. The van der Waals surface area contributed by atoms with E-state index in [0.29, 0.717) is 16.6 Å². The Balaban J connectivity index is 1.67. The fourth-order valence-corrected chi connectivity index (χ4v) is 2.31. The van der Waals surface area contributed by atoms with Crippen LogP contribution < -0.4 is 5.56 Å². The summed E-state index contributed by atoms with van der Waals surface area (Å²) in [5.74, 6) is 0.0177. The Morgan fingerprint density at radius 3 is 2.92 bits per heavy atom. The first kappa shape index (κ1) is 14.2. The van der Waals surface area contributed by atoms with E-state index in [0.717, 1.165) is 0 Å². The van der Waals surface area contributed by atoms with E-state index < -0.39 is 5.82 Å². The number of halogens is 1. The normalized spacial score (nSPS) is 11.0. The third-order valence-corrected chi connectivity index (χ3v) is 3.44. The number of fused-ring (bicyclic) bond motifs is 1. The van der Waals surface area contributed by atoms with Crippen LogP contribution >= 0.6 is 0 Å². The molecule has 0 N–H and O–H groups in total. The van der Waals surface area contributed by atoms with Crippen LogP contribution in [0.3, 0.4) is 0 Å². The molecule has 0 saturated heterocycles. The monoisotopic (exact) mass is 323 g/mol. The van der Waals surface area contributed by atoms with Gasteiger partial charge in [0, 0.05) is 11.8 Å². The maximum atomic E-state index is 13.3. The Labute approximate surface area is 134 Å². The summed E-state index contributed by atoms with van der Waals surface area (Å²) in [5.41, 5.74) is 0.602. The fraction of sp³-hybridized carbons (Fsp3) is 0.0625. The molecule has 3 heterocycles. The smallest absolute Gasteiger partial charge is 0.263 e. The average Bonchev–Trinajstić information content (AvgIpc) is 3.06. The number of nitrogens with zero attached hydrogens (tertiary/aromatic N) is 5. The molecule has 0 aliphatic heterocycles. The predicted molar refractivity (Wildman–Crippen MR) is 82.6 cm³/mol. The van der Waals surface area contributed by atoms with E-state index in [2.05, 4.69) is 20.2 Å². The lowest BCUT2D eigenvalue weighted by Crippen LogP contribution is -2.21. The maximum Gasteiger partial charge on any atom is 0.263 e. The molecule has 4 aromatic rings. The van der Waals surface area contributed by atoms with Gasteiger partial charge in [0.05, 0.1) is 5.39 Å². The summed E-state index contributed by atoms with van der Waals surface area (Å²) in [6.45, 7) is 0.0684. The first-order chi connectivity index (χ1) is 11.7. The van der Waals surface area contributed by atoms with Gasteiger partial charge in [0.15, 0.2) is 5.65 Å². The van der Waals surface area contributed by atoms with Crippen molar-refractivity contribution in [3.8, 4) is 11.5 Å². The van der Waals surface area contributed by atoms with E-state index in [1.165, 1.54) is 23.0 Å². The lowest BCUT2D eigenvalue weighted by Gasteiger charge is -2.02. The Hall–Kier alpha value is -3.42. The van der Waals surface area contributed by atoms with Crippen LogP contribution in [0.2, 0.25) is 0 Å². The van der Waals surface area contributed by atoms with E-state index in [1.807, 2.05) is 0 Å². The fourth-order valence-electron chi connectivity index (χ4n) is 2.31. The lowest BCUT2D eigenvalue weighted by atomic mass is 10.2. The minimum atomic E-state index is -0.394. The molecule has 0 atom stereocenters. The van der Waals surface area contributed by atoms with E-state index in [4.69, 9.17) is 4.42 Å². The largest absolute Gasteiger partial charge is 0.419 e. The van der Waals surface area contributed by atoms with Crippen molar-refractivity contribution in [3.05, 3.63) is 71.0 Å². The molecule has 0 spiro atoms. The number of hydrogen-bond donors (Lipinski definition) is 0. The highest BCUT2D eigenvalue weighted by molar-refractivity contribution is 5.72. The summed E-state index contributed by atoms with van der Waals surface area (Å²) < 4.78 is 20.1. The van der Waals surface area contributed by atoms with Crippen LogP contribution in [0.4, 0.5) is 4.39 Å². The third kappa shape index (κ3) is 2.54. The zero-order valence-electron chi connectivity index (χ0n) is 12.3. The summed E-state index contributed by atoms with van der Waals surface area (Å²) in [4.78, 5) is 20.6. The quantitative estimate of drug-likeness (QED) is 0.573. The van der Waals surface area contributed by atoms with Crippen molar-refractivity contribution in [2.45, 2.75) is 6.54 Å². The highest BCUT2D eigenvalue weighted by Crippen LogP contribution is 2.18. The van der Waals surface area contributed by atoms with E-state index >= 15 is 0 Å². The van der Waals surface area contributed by atoms with Crippen molar-refractivity contribution >= 4 is 11.0 Å². The Bertz CT molecular complexity index is 1090. The van der Waals surface area contributed by atoms with Gasteiger partial charge in [-0.3, -0.25) is 9.36 Å². The van der Waals surface area contributed by atoms with Crippen LogP contribution in [0.25, 0.3) is 22.5 Å². The Morgan fingerprint density at radius 2 is 2.04 bits per heavy atom. The maximum absolute atomic E-state index is 13.3. The third-order valence-electron chi connectivity index (χ3n) is 3.44. The molecule has 3 aromatic heterocycles. The standard InChI is InChI=1S/C16H10FN5O2/c17-11-4-1-3-10(7-11)15-21-20-13(24-15)8-22-9-19-14-12(16(22)23)5-2-6-18-14/h1-7,9H,8H2. The van der Waals surface area contributed by atoms with Gasteiger partial charge in [-0.25, -0.2) is 14.4 Å². The van der Waals surface area contributed by atoms with Crippen LogP contribution in [0.5, 0.6) is 0 Å². The lowest BCUT2D eigenvalue weighted by molar-refractivity contribution is 0.483. The molecule has 118 valence electrons. The topological polar surface area (TPSA) is 86.7 Å². The van der Waals surface area contributed by atoms with Gasteiger partial charge in [-0.05, 0) is 30.3 Å². The molecule has 0 aliphatic carbocycles. The van der Waals surface area contributed by atoms with Crippen LogP contribution in [0.1, 0.15) is 5.89 Å². The van der Waals surface area contributed by atoms with Crippen LogP contribution in [-0.2, 0) is 6.54 Å². The van der Waals surface area contributed by atoms with Gasteiger partial charge in [-0.2, -0.15) is 0 Å². The summed E-state index contributed by atoms with van der Waals surface area (Å²) >= 11 is 0. The van der Waals surface area contributed by atoms with Gasteiger partial charge in [0.1, 0.15) is 18.7 Å². The molecule has 0 radical (unpaired) electrons. The first-order valence-electron chi connectivity index (χ1n) is 7.09. The van der Waals surface area contributed by atoms with Crippen molar-refractivity contribution in [1.82, 2.24) is 24.7 Å². The SMILES string of the molecule is O=c1c2cccnc2ncn1Cc1nnc(-c2cccc(F)c2)o1. The van der Waals surface area contributed by atoms with E-state index in [-0.39, 0.29) is 23.9 Å². The predicted octanol–water partition coefficient (Wildman–Crippen LogP) is 2.03. The summed E-state index contributed by atoms with van der Waals surface area (Å²) in [6, 6.07) is 9.17. The second-order valence-corrected chi connectivity index (χ2v) is 5.06. The summed E-state index contributed by atoms with van der Waals surface area (Å²) in [5, 5.41) is 8.19. The number of rotatable bonds is 3. The van der Waals surface area contributed by atoms with E-state index in [9.17, 15) is 9.18 Å². The molecule has 0 bridgehead atoms. The van der Waals surface area contributed by atoms with Gasteiger partial charge >= 0.3 is 0 Å². The van der Waals surface area contributed by atoms with Gasteiger partial charge < -0.3 is 4.42 Å². The van der Waals surface area contributed by atoms with Crippen molar-refractivity contribution < 1.29 is 8.81 Å². The van der Waals surface area contributed by atoms with Gasteiger partial charge in [0.25, 0.3) is 5.56 Å². The molecular formula is C16H10FN5O2. The van der Waals surface area contributed by atoms with Gasteiger partial charge in [-0.1, -0.05) is 6.07 Å². The molecule has 4 rings (SSSR count). The summed E-state index contributed by atoms with van der Waals surface area (Å²) in [7, 11) is 0. The minimum absolute atomic E-state index is 0.0684. The zero-order valence-corrected chi connectivity index (χ0v) is 12.3. The Morgan fingerprint density at radius 1 is 1.12 bits per heavy atom. The number of benzene rings is 1. The zero-order chi connectivity index (χ0) is 16.5. The summed E-state index contributed by atoms with van der Waals surface area (Å²) in [6.07, 6.45) is 2.95.